The summed E-state index contributed by atoms with van der Waals surface area (Å²) in [5, 5.41) is 11.0. The van der Waals surface area contributed by atoms with Gasteiger partial charge in [0.1, 0.15) is 0 Å². The van der Waals surface area contributed by atoms with Crippen molar-refractivity contribution >= 4 is 27.5 Å². The van der Waals surface area contributed by atoms with Crippen LogP contribution in [0.4, 0.5) is 0 Å². The van der Waals surface area contributed by atoms with Crippen molar-refractivity contribution < 1.29 is 5.11 Å². The van der Waals surface area contributed by atoms with Gasteiger partial charge in [-0.05, 0) is 37.1 Å². The van der Waals surface area contributed by atoms with Gasteiger partial charge in [-0.15, -0.1) is 0 Å². The van der Waals surface area contributed by atoms with Gasteiger partial charge < -0.3 is 5.11 Å². The summed E-state index contributed by atoms with van der Waals surface area (Å²) < 4.78 is 0.946. The molecular weight excluding hydrogens is 324 g/mol. The van der Waals surface area contributed by atoms with Gasteiger partial charge in [-0.3, -0.25) is 0 Å². The van der Waals surface area contributed by atoms with Gasteiger partial charge in [0.2, 0.25) is 0 Å². The van der Waals surface area contributed by atoms with Gasteiger partial charge in [-0.1, -0.05) is 62.9 Å². The largest absolute Gasteiger partial charge is 0.388 e. The molecule has 1 N–H and O–H groups in total. The van der Waals surface area contributed by atoms with Crippen LogP contribution in [0.1, 0.15) is 28.4 Å². The van der Waals surface area contributed by atoms with Crippen LogP contribution in [0.3, 0.4) is 0 Å². The van der Waals surface area contributed by atoms with Crippen molar-refractivity contribution in [1.82, 2.24) is 0 Å². The van der Waals surface area contributed by atoms with E-state index in [1.165, 1.54) is 0 Å². The number of halogens is 2. The van der Waals surface area contributed by atoms with Crippen LogP contribution in [0.25, 0.3) is 0 Å². The van der Waals surface area contributed by atoms with E-state index >= 15 is 0 Å². The van der Waals surface area contributed by atoms with Gasteiger partial charge in [0, 0.05) is 15.9 Å². The van der Waals surface area contributed by atoms with Crippen molar-refractivity contribution in [3.8, 4) is 0 Å². The average molecular weight is 340 g/mol. The van der Waals surface area contributed by atoms with Crippen LogP contribution in [-0.4, -0.2) is 5.11 Å². The minimum atomic E-state index is -0.530. The van der Waals surface area contributed by atoms with E-state index < -0.39 is 6.10 Å². The van der Waals surface area contributed by atoms with E-state index in [0.717, 1.165) is 26.7 Å². The molecule has 3 heteroatoms. The highest BCUT2D eigenvalue weighted by molar-refractivity contribution is 9.10. The second-order valence-electron chi connectivity index (χ2n) is 4.88. The molecule has 0 saturated carbocycles. The van der Waals surface area contributed by atoms with Crippen molar-refractivity contribution in [2.45, 2.75) is 26.4 Å². The third-order valence-electron chi connectivity index (χ3n) is 3.06. The van der Waals surface area contributed by atoms with E-state index in [9.17, 15) is 5.11 Å². The molecule has 1 unspecified atom stereocenters. The molecular formula is C16H16BrClO. The summed E-state index contributed by atoms with van der Waals surface area (Å²) in [6, 6.07) is 11.9. The van der Waals surface area contributed by atoms with E-state index in [1.54, 1.807) is 0 Å². The summed E-state index contributed by atoms with van der Waals surface area (Å²) >= 11 is 9.56. The van der Waals surface area contributed by atoms with E-state index in [4.69, 9.17) is 11.6 Å². The molecule has 0 saturated heterocycles. The Labute approximate surface area is 127 Å². The maximum atomic E-state index is 10.3. The van der Waals surface area contributed by atoms with Crippen molar-refractivity contribution in [2.24, 2.45) is 0 Å². The Morgan fingerprint density at radius 3 is 2.32 bits per heavy atom. The first kappa shape index (κ1) is 14.6. The monoisotopic (exact) mass is 338 g/mol. The summed E-state index contributed by atoms with van der Waals surface area (Å²) in [6.45, 7) is 4.08. The fourth-order valence-corrected chi connectivity index (χ4v) is 2.97. The van der Waals surface area contributed by atoms with Crippen LogP contribution in [0.5, 0.6) is 0 Å². The van der Waals surface area contributed by atoms with Crippen molar-refractivity contribution in [3.05, 3.63) is 68.1 Å². The van der Waals surface area contributed by atoms with Gasteiger partial charge >= 0.3 is 0 Å². The molecule has 0 aliphatic carbocycles. The summed E-state index contributed by atoms with van der Waals surface area (Å²) in [6.07, 6.45) is -0.00748. The number of aryl methyl sites for hydroxylation is 2. The number of aliphatic hydroxyl groups excluding tert-OH is 1. The summed E-state index contributed by atoms with van der Waals surface area (Å²) in [4.78, 5) is 0. The first-order chi connectivity index (χ1) is 8.95. The highest BCUT2D eigenvalue weighted by Gasteiger charge is 2.12. The van der Waals surface area contributed by atoms with Gasteiger partial charge in [-0.25, -0.2) is 0 Å². The molecule has 19 heavy (non-hydrogen) atoms. The molecule has 0 aliphatic heterocycles. The zero-order valence-corrected chi connectivity index (χ0v) is 13.3. The molecule has 0 fully saturated rings. The first-order valence-corrected chi connectivity index (χ1v) is 7.33. The predicted octanol–water partition coefficient (Wildman–Crippen LogP) is 5.00. The molecule has 0 bridgehead atoms. The van der Waals surface area contributed by atoms with Gasteiger partial charge in [-0.2, -0.15) is 0 Å². The van der Waals surface area contributed by atoms with Crippen LogP contribution >= 0.6 is 27.5 Å². The number of hydrogen-bond acceptors (Lipinski definition) is 1. The smallest absolute Gasteiger partial charge is 0.0831 e. The maximum absolute atomic E-state index is 10.3. The molecule has 0 aromatic heterocycles. The molecule has 2 rings (SSSR count). The van der Waals surface area contributed by atoms with Gasteiger partial charge in [0.15, 0.2) is 0 Å². The highest BCUT2D eigenvalue weighted by Crippen LogP contribution is 2.27. The fourth-order valence-electron chi connectivity index (χ4n) is 2.22. The summed E-state index contributed by atoms with van der Waals surface area (Å²) in [7, 11) is 0. The van der Waals surface area contributed by atoms with Gasteiger partial charge in [0.05, 0.1) is 6.10 Å². The van der Waals surface area contributed by atoms with Crippen LogP contribution < -0.4 is 0 Å². The summed E-state index contributed by atoms with van der Waals surface area (Å²) in [5.41, 5.74) is 4.22. The number of rotatable bonds is 3. The average Bonchev–Trinajstić information content (AvgIpc) is 2.31. The molecule has 0 spiro atoms. The quantitative estimate of drug-likeness (QED) is 0.834. The topological polar surface area (TPSA) is 20.2 Å². The SMILES string of the molecule is Cc1cc(C)cc(C(O)Cc2ccc(Br)cc2Cl)c1. The Morgan fingerprint density at radius 2 is 1.74 bits per heavy atom. The van der Waals surface area contributed by atoms with E-state index in [1.807, 2.05) is 44.2 Å². The third kappa shape index (κ3) is 3.82. The molecule has 0 radical (unpaired) electrons. The lowest BCUT2D eigenvalue weighted by Crippen LogP contribution is -2.03. The number of aliphatic hydroxyl groups is 1. The Bertz CT molecular complexity index is 575. The number of benzene rings is 2. The molecule has 100 valence electrons. The van der Waals surface area contributed by atoms with Crippen LogP contribution in [0.15, 0.2) is 40.9 Å². The number of hydrogen-bond donors (Lipinski definition) is 1. The fraction of sp³-hybridized carbons (Fsp3) is 0.250. The van der Waals surface area contributed by atoms with Crippen LogP contribution in [0, 0.1) is 13.8 Å². The molecule has 1 atom stereocenters. The van der Waals surface area contributed by atoms with Crippen molar-refractivity contribution in [2.75, 3.05) is 0 Å². The van der Waals surface area contributed by atoms with Crippen molar-refractivity contribution in [3.63, 3.8) is 0 Å². The Hall–Kier alpha value is -0.830. The minimum absolute atomic E-state index is 0.523. The summed E-state index contributed by atoms with van der Waals surface area (Å²) in [5.74, 6) is 0. The highest BCUT2D eigenvalue weighted by atomic mass is 79.9. The Kier molecular flexibility index (Phi) is 4.67. The molecule has 2 aromatic rings. The molecule has 0 heterocycles. The lowest BCUT2D eigenvalue weighted by molar-refractivity contribution is 0.178. The maximum Gasteiger partial charge on any atom is 0.0831 e. The normalized spacial score (nSPS) is 12.5. The first-order valence-electron chi connectivity index (χ1n) is 6.16. The van der Waals surface area contributed by atoms with Crippen LogP contribution in [-0.2, 0) is 6.42 Å². The lowest BCUT2D eigenvalue weighted by atomic mass is 9.98. The second kappa shape index (κ2) is 6.08. The minimum Gasteiger partial charge on any atom is -0.388 e. The standard InChI is InChI=1S/C16H16BrClO/c1-10-5-11(2)7-13(6-10)16(19)8-12-3-4-14(17)9-15(12)18/h3-7,9,16,19H,8H2,1-2H3. The van der Waals surface area contributed by atoms with E-state index in [0.29, 0.717) is 11.4 Å². The van der Waals surface area contributed by atoms with Crippen LogP contribution in [0.2, 0.25) is 5.02 Å². The second-order valence-corrected chi connectivity index (χ2v) is 6.20. The zero-order chi connectivity index (χ0) is 14.0. The van der Waals surface area contributed by atoms with E-state index in [2.05, 4.69) is 22.0 Å². The van der Waals surface area contributed by atoms with Crippen molar-refractivity contribution in [1.29, 1.82) is 0 Å². The third-order valence-corrected chi connectivity index (χ3v) is 3.90. The molecule has 1 nitrogen and oxygen atoms in total. The van der Waals surface area contributed by atoms with Gasteiger partial charge in [0.25, 0.3) is 0 Å². The molecule has 0 amide bonds. The Balaban J connectivity index is 2.22. The zero-order valence-electron chi connectivity index (χ0n) is 11.0. The lowest BCUT2D eigenvalue weighted by Gasteiger charge is -2.14. The predicted molar refractivity (Wildman–Crippen MR) is 83.7 cm³/mol. The van der Waals surface area contributed by atoms with E-state index in [-0.39, 0.29) is 0 Å². The molecule has 0 aliphatic rings. The Morgan fingerprint density at radius 1 is 1.11 bits per heavy atom. The molecule has 2 aromatic carbocycles.